The van der Waals surface area contributed by atoms with Gasteiger partial charge >= 0.3 is 0 Å². The van der Waals surface area contributed by atoms with Crippen LogP contribution >= 0.6 is 12.4 Å². The molecular formula is C16H22ClN3O2. The molecule has 0 atom stereocenters. The molecule has 6 heteroatoms. The summed E-state index contributed by atoms with van der Waals surface area (Å²) >= 11 is 0. The Labute approximate surface area is 136 Å². The molecule has 0 fully saturated rings. The summed E-state index contributed by atoms with van der Waals surface area (Å²) in [6, 6.07) is 9.87. The normalized spacial score (nSPS) is 10.0. The highest BCUT2D eigenvalue weighted by molar-refractivity contribution is 6.00. The fraction of sp³-hybridized carbons (Fsp3) is 0.312. The molecule has 0 aliphatic rings. The summed E-state index contributed by atoms with van der Waals surface area (Å²) < 4.78 is 4.94. The first-order valence-electron chi connectivity index (χ1n) is 7.03. The molecule has 0 unspecified atom stereocenters. The number of aromatic nitrogens is 1. The van der Waals surface area contributed by atoms with Crippen LogP contribution in [0.2, 0.25) is 0 Å². The van der Waals surface area contributed by atoms with Gasteiger partial charge in [-0.3, -0.25) is 4.79 Å². The summed E-state index contributed by atoms with van der Waals surface area (Å²) in [6.45, 7) is 2.76. The Kier molecular flexibility index (Phi) is 8.28. The van der Waals surface area contributed by atoms with Crippen LogP contribution in [0.5, 0.6) is 0 Å². The monoisotopic (exact) mass is 323 g/mol. The molecule has 1 aromatic heterocycles. The van der Waals surface area contributed by atoms with E-state index in [1.54, 1.807) is 13.3 Å². The van der Waals surface area contributed by atoms with Gasteiger partial charge in [0.2, 0.25) is 0 Å². The Balaban J connectivity index is 0.00000242. The van der Waals surface area contributed by atoms with Gasteiger partial charge < -0.3 is 20.4 Å². The van der Waals surface area contributed by atoms with E-state index in [0.29, 0.717) is 18.7 Å². The molecule has 3 N–H and O–H groups in total. The highest BCUT2D eigenvalue weighted by atomic mass is 35.5. The topological polar surface area (TPSA) is 66.2 Å². The van der Waals surface area contributed by atoms with Crippen LogP contribution in [-0.4, -0.2) is 44.2 Å². The van der Waals surface area contributed by atoms with Crippen LogP contribution in [0, 0.1) is 0 Å². The standard InChI is InChI=1S/C16H21N3O2.ClH/c1-21-10-9-17-7-8-19-16(20)15-12-18-11-14(15)13-5-3-2-4-6-13;/h2-6,11-12,17-18H,7-10H2,1H3,(H,19,20);1H. The number of H-pyrrole nitrogens is 1. The van der Waals surface area contributed by atoms with Gasteiger partial charge in [-0.25, -0.2) is 0 Å². The Hall–Kier alpha value is -1.82. The third-order valence-corrected chi connectivity index (χ3v) is 3.15. The van der Waals surface area contributed by atoms with Crippen LogP contribution in [0.3, 0.4) is 0 Å². The largest absolute Gasteiger partial charge is 0.383 e. The number of hydrogen-bond donors (Lipinski definition) is 3. The maximum absolute atomic E-state index is 12.2. The number of aromatic amines is 1. The Morgan fingerprint density at radius 1 is 1.14 bits per heavy atom. The molecular weight excluding hydrogens is 302 g/mol. The number of carbonyl (C=O) groups excluding carboxylic acids is 1. The predicted molar refractivity (Wildman–Crippen MR) is 90.6 cm³/mol. The minimum Gasteiger partial charge on any atom is -0.383 e. The molecule has 5 nitrogen and oxygen atoms in total. The van der Waals surface area contributed by atoms with Gasteiger partial charge in [0.1, 0.15) is 0 Å². The van der Waals surface area contributed by atoms with Gasteiger partial charge in [0, 0.05) is 44.7 Å². The lowest BCUT2D eigenvalue weighted by Gasteiger charge is -2.07. The predicted octanol–water partition coefficient (Wildman–Crippen LogP) is 2.07. The minimum absolute atomic E-state index is 0. The highest BCUT2D eigenvalue weighted by Crippen LogP contribution is 2.22. The van der Waals surface area contributed by atoms with Crippen LogP contribution < -0.4 is 10.6 Å². The van der Waals surface area contributed by atoms with Crippen molar-refractivity contribution in [1.29, 1.82) is 0 Å². The first-order chi connectivity index (χ1) is 10.3. The molecule has 0 saturated carbocycles. The fourth-order valence-corrected chi connectivity index (χ4v) is 2.07. The molecule has 0 bridgehead atoms. The van der Waals surface area contributed by atoms with Crippen LogP contribution in [0.4, 0.5) is 0 Å². The number of amides is 1. The Morgan fingerprint density at radius 2 is 1.91 bits per heavy atom. The summed E-state index contributed by atoms with van der Waals surface area (Å²) in [7, 11) is 1.67. The molecule has 0 aliphatic carbocycles. The number of carbonyl (C=O) groups is 1. The number of rotatable bonds is 8. The van der Waals surface area contributed by atoms with Crippen LogP contribution in [-0.2, 0) is 4.74 Å². The molecule has 0 radical (unpaired) electrons. The van der Waals surface area contributed by atoms with Crippen LogP contribution in [0.25, 0.3) is 11.1 Å². The Morgan fingerprint density at radius 3 is 2.64 bits per heavy atom. The molecule has 1 heterocycles. The Bertz CT molecular complexity index is 558. The van der Waals surface area contributed by atoms with E-state index >= 15 is 0 Å². The van der Waals surface area contributed by atoms with Crippen molar-refractivity contribution in [2.75, 3.05) is 33.4 Å². The average molecular weight is 324 g/mol. The van der Waals surface area contributed by atoms with Crippen molar-refractivity contribution >= 4 is 18.3 Å². The quantitative estimate of drug-likeness (QED) is 0.652. The zero-order valence-corrected chi connectivity index (χ0v) is 13.4. The van der Waals surface area contributed by atoms with E-state index in [1.807, 2.05) is 36.5 Å². The maximum Gasteiger partial charge on any atom is 0.253 e. The van der Waals surface area contributed by atoms with Crippen molar-refractivity contribution in [3.63, 3.8) is 0 Å². The molecule has 0 saturated heterocycles. The second kappa shape index (κ2) is 10.00. The molecule has 120 valence electrons. The van der Waals surface area contributed by atoms with Crippen LogP contribution in [0.1, 0.15) is 10.4 Å². The van der Waals surface area contributed by atoms with E-state index in [0.717, 1.165) is 24.2 Å². The zero-order chi connectivity index (χ0) is 14.9. The molecule has 0 spiro atoms. The number of ether oxygens (including phenoxy) is 1. The number of methoxy groups -OCH3 is 1. The lowest BCUT2D eigenvalue weighted by atomic mass is 10.0. The van der Waals surface area contributed by atoms with Gasteiger partial charge in [0.15, 0.2) is 0 Å². The summed E-state index contributed by atoms with van der Waals surface area (Å²) in [5.74, 6) is -0.0661. The van der Waals surface area contributed by atoms with E-state index in [2.05, 4.69) is 15.6 Å². The number of halogens is 1. The number of hydrogen-bond acceptors (Lipinski definition) is 3. The summed E-state index contributed by atoms with van der Waals surface area (Å²) in [4.78, 5) is 15.2. The smallest absolute Gasteiger partial charge is 0.253 e. The van der Waals surface area contributed by atoms with Crippen molar-refractivity contribution in [3.8, 4) is 11.1 Å². The SMILES string of the molecule is COCCNCCNC(=O)c1c[nH]cc1-c1ccccc1.Cl. The van der Waals surface area contributed by atoms with Crippen molar-refractivity contribution in [2.24, 2.45) is 0 Å². The maximum atomic E-state index is 12.2. The van der Waals surface area contributed by atoms with E-state index < -0.39 is 0 Å². The number of nitrogens with one attached hydrogen (secondary N) is 3. The van der Waals surface area contributed by atoms with Crippen molar-refractivity contribution in [2.45, 2.75) is 0 Å². The zero-order valence-electron chi connectivity index (χ0n) is 12.6. The van der Waals surface area contributed by atoms with E-state index in [1.165, 1.54) is 0 Å². The van der Waals surface area contributed by atoms with Gasteiger partial charge in [-0.05, 0) is 5.56 Å². The van der Waals surface area contributed by atoms with Crippen molar-refractivity contribution in [1.82, 2.24) is 15.6 Å². The van der Waals surface area contributed by atoms with Gasteiger partial charge in [0.05, 0.1) is 12.2 Å². The fourth-order valence-electron chi connectivity index (χ4n) is 2.07. The van der Waals surface area contributed by atoms with Crippen molar-refractivity contribution < 1.29 is 9.53 Å². The molecule has 2 aromatic rings. The third-order valence-electron chi connectivity index (χ3n) is 3.15. The van der Waals surface area contributed by atoms with E-state index in [9.17, 15) is 4.79 Å². The van der Waals surface area contributed by atoms with Crippen molar-refractivity contribution in [3.05, 3.63) is 48.3 Å². The molecule has 0 aliphatic heterocycles. The first kappa shape index (κ1) is 18.2. The molecule has 2 rings (SSSR count). The summed E-state index contributed by atoms with van der Waals surface area (Å²) in [6.07, 6.45) is 3.58. The van der Waals surface area contributed by atoms with Gasteiger partial charge in [-0.1, -0.05) is 30.3 Å². The van der Waals surface area contributed by atoms with Gasteiger partial charge in [-0.2, -0.15) is 0 Å². The average Bonchev–Trinajstić information content (AvgIpc) is 3.01. The van der Waals surface area contributed by atoms with Crippen LogP contribution in [0.15, 0.2) is 42.7 Å². The first-order valence-corrected chi connectivity index (χ1v) is 7.03. The van der Waals surface area contributed by atoms with E-state index in [-0.39, 0.29) is 18.3 Å². The second-order valence-corrected chi connectivity index (χ2v) is 4.65. The molecule has 1 aromatic carbocycles. The number of benzene rings is 1. The summed E-state index contributed by atoms with van der Waals surface area (Å²) in [5.41, 5.74) is 2.61. The molecule has 1 amide bonds. The highest BCUT2D eigenvalue weighted by Gasteiger charge is 2.12. The molecule has 22 heavy (non-hydrogen) atoms. The summed E-state index contributed by atoms with van der Waals surface area (Å²) in [5, 5.41) is 6.10. The second-order valence-electron chi connectivity index (χ2n) is 4.65. The third kappa shape index (κ3) is 5.18. The lowest BCUT2D eigenvalue weighted by Crippen LogP contribution is -2.33. The van der Waals surface area contributed by atoms with Gasteiger partial charge in [-0.15, -0.1) is 12.4 Å². The lowest BCUT2D eigenvalue weighted by molar-refractivity contribution is 0.0954. The van der Waals surface area contributed by atoms with E-state index in [4.69, 9.17) is 4.74 Å². The minimum atomic E-state index is -0.0661. The van der Waals surface area contributed by atoms with Gasteiger partial charge in [0.25, 0.3) is 5.91 Å².